The maximum atomic E-state index is 11.9. The number of ether oxygens (including phenoxy) is 1. The third kappa shape index (κ3) is 3.07. The summed E-state index contributed by atoms with van der Waals surface area (Å²) >= 11 is 0. The second-order valence-corrected chi connectivity index (χ2v) is 6.02. The van der Waals surface area contributed by atoms with Crippen molar-refractivity contribution in [3.63, 3.8) is 0 Å². The molecule has 0 amide bonds. The van der Waals surface area contributed by atoms with Crippen molar-refractivity contribution >= 4 is 22.8 Å². The number of oxazole rings is 1. The summed E-state index contributed by atoms with van der Waals surface area (Å²) < 4.78 is 10.8. The number of hydrogen-bond donors (Lipinski definition) is 0. The quantitative estimate of drug-likeness (QED) is 0.677. The predicted molar refractivity (Wildman–Crippen MR) is 94.6 cm³/mol. The van der Waals surface area contributed by atoms with E-state index in [4.69, 9.17) is 9.15 Å². The van der Waals surface area contributed by atoms with Crippen LogP contribution in [0.25, 0.3) is 22.6 Å². The van der Waals surface area contributed by atoms with Crippen LogP contribution in [0.15, 0.2) is 40.9 Å². The van der Waals surface area contributed by atoms with E-state index < -0.39 is 5.97 Å². The number of benzene rings is 1. The fourth-order valence-corrected chi connectivity index (χ4v) is 3.09. The number of aromatic nitrogens is 2. The van der Waals surface area contributed by atoms with E-state index in [1.165, 1.54) is 18.5 Å². The first kappa shape index (κ1) is 15.6. The van der Waals surface area contributed by atoms with E-state index in [1.54, 1.807) is 25.3 Å². The Labute approximate surface area is 145 Å². The van der Waals surface area contributed by atoms with Gasteiger partial charge in [0, 0.05) is 30.5 Å². The van der Waals surface area contributed by atoms with Crippen LogP contribution in [-0.2, 0) is 4.74 Å². The minimum Gasteiger partial charge on any atom is -0.461 e. The largest absolute Gasteiger partial charge is 0.461 e. The molecule has 25 heavy (non-hydrogen) atoms. The predicted octanol–water partition coefficient (Wildman–Crippen LogP) is 3.67. The van der Waals surface area contributed by atoms with Crippen LogP contribution in [0, 0.1) is 0 Å². The Morgan fingerprint density at radius 3 is 2.88 bits per heavy atom. The summed E-state index contributed by atoms with van der Waals surface area (Å²) in [6.07, 6.45) is 4.03. The third-order valence-corrected chi connectivity index (χ3v) is 4.33. The van der Waals surface area contributed by atoms with Crippen molar-refractivity contribution in [3.05, 3.63) is 42.2 Å². The molecule has 3 aromatic rings. The van der Waals surface area contributed by atoms with Crippen molar-refractivity contribution in [1.82, 2.24) is 9.97 Å². The Morgan fingerprint density at radius 1 is 1.24 bits per heavy atom. The summed E-state index contributed by atoms with van der Waals surface area (Å²) in [5.74, 6) is 0.0262. The molecule has 4 rings (SSSR count). The van der Waals surface area contributed by atoms with Crippen LogP contribution in [-0.4, -0.2) is 35.6 Å². The lowest BCUT2D eigenvalue weighted by Crippen LogP contribution is -2.17. The molecule has 1 aliphatic heterocycles. The highest BCUT2D eigenvalue weighted by Crippen LogP contribution is 2.29. The summed E-state index contributed by atoms with van der Waals surface area (Å²) in [5.41, 5.74) is 3.67. The van der Waals surface area contributed by atoms with Crippen LogP contribution >= 0.6 is 0 Å². The van der Waals surface area contributed by atoms with Gasteiger partial charge in [-0.25, -0.2) is 14.8 Å². The van der Waals surface area contributed by atoms with E-state index in [9.17, 15) is 4.79 Å². The summed E-state index contributed by atoms with van der Waals surface area (Å²) in [7, 11) is 0. The SMILES string of the molecule is CCOC(=O)c1cc(-c2nc3cc(N4CCCC4)ccc3o2)ccn1. The monoisotopic (exact) mass is 337 g/mol. The first-order valence-electron chi connectivity index (χ1n) is 8.53. The van der Waals surface area contributed by atoms with Gasteiger partial charge in [-0.05, 0) is 50.1 Å². The molecule has 0 spiro atoms. The lowest BCUT2D eigenvalue weighted by atomic mass is 10.2. The van der Waals surface area contributed by atoms with Gasteiger partial charge in [0.1, 0.15) is 11.2 Å². The molecule has 0 aliphatic carbocycles. The number of hydrogen-bond acceptors (Lipinski definition) is 6. The Balaban J connectivity index is 1.67. The van der Waals surface area contributed by atoms with Gasteiger partial charge >= 0.3 is 5.97 Å². The maximum Gasteiger partial charge on any atom is 0.356 e. The molecule has 1 aliphatic rings. The average Bonchev–Trinajstić information content (AvgIpc) is 3.31. The van der Waals surface area contributed by atoms with E-state index in [1.807, 2.05) is 6.07 Å². The van der Waals surface area contributed by atoms with Crippen LogP contribution in [0.3, 0.4) is 0 Å². The molecule has 128 valence electrons. The highest BCUT2D eigenvalue weighted by molar-refractivity contribution is 5.88. The van der Waals surface area contributed by atoms with Crippen LogP contribution in [0.2, 0.25) is 0 Å². The van der Waals surface area contributed by atoms with Gasteiger partial charge in [-0.2, -0.15) is 0 Å². The number of fused-ring (bicyclic) bond motifs is 1. The molecule has 0 saturated carbocycles. The fourth-order valence-electron chi connectivity index (χ4n) is 3.09. The molecule has 1 saturated heterocycles. The molecule has 0 radical (unpaired) electrons. The number of carbonyl (C=O) groups is 1. The number of nitrogens with zero attached hydrogens (tertiary/aromatic N) is 3. The van der Waals surface area contributed by atoms with Crippen LogP contribution < -0.4 is 4.90 Å². The molecule has 0 bridgehead atoms. The second kappa shape index (κ2) is 6.55. The molecule has 0 unspecified atom stereocenters. The molecule has 6 heteroatoms. The highest BCUT2D eigenvalue weighted by atomic mass is 16.5. The van der Waals surface area contributed by atoms with Crippen LogP contribution in [0.1, 0.15) is 30.3 Å². The molecule has 1 aromatic carbocycles. The van der Waals surface area contributed by atoms with Crippen molar-refractivity contribution in [2.75, 3.05) is 24.6 Å². The smallest absolute Gasteiger partial charge is 0.356 e. The zero-order valence-electron chi connectivity index (χ0n) is 14.1. The lowest BCUT2D eigenvalue weighted by Gasteiger charge is -2.16. The minimum absolute atomic E-state index is 0.249. The van der Waals surface area contributed by atoms with E-state index in [2.05, 4.69) is 27.0 Å². The maximum absolute atomic E-state index is 11.9. The second-order valence-electron chi connectivity index (χ2n) is 6.02. The normalized spacial score (nSPS) is 14.2. The average molecular weight is 337 g/mol. The van der Waals surface area contributed by atoms with E-state index in [0.717, 1.165) is 24.2 Å². The number of anilines is 1. The standard InChI is InChI=1S/C19H19N3O3/c1-2-24-19(23)16-11-13(7-8-20-16)18-21-15-12-14(5-6-17(15)25-18)22-9-3-4-10-22/h5-8,11-12H,2-4,9-10H2,1H3. The van der Waals surface area contributed by atoms with Crippen LogP contribution in [0.5, 0.6) is 0 Å². The number of rotatable bonds is 4. The summed E-state index contributed by atoms with van der Waals surface area (Å²) in [6, 6.07) is 9.49. The summed E-state index contributed by atoms with van der Waals surface area (Å²) in [4.78, 5) is 22.9. The molecule has 0 atom stereocenters. The first-order valence-corrected chi connectivity index (χ1v) is 8.53. The molecule has 2 aromatic heterocycles. The fraction of sp³-hybridized carbons (Fsp3) is 0.316. The number of pyridine rings is 1. The minimum atomic E-state index is -0.447. The van der Waals surface area contributed by atoms with E-state index in [-0.39, 0.29) is 5.69 Å². The van der Waals surface area contributed by atoms with E-state index in [0.29, 0.717) is 18.1 Å². The Morgan fingerprint density at radius 2 is 2.08 bits per heavy atom. The van der Waals surface area contributed by atoms with Crippen molar-refractivity contribution in [2.45, 2.75) is 19.8 Å². The molecular formula is C19H19N3O3. The van der Waals surface area contributed by atoms with Gasteiger partial charge in [-0.1, -0.05) is 0 Å². The topological polar surface area (TPSA) is 68.5 Å². The number of carbonyl (C=O) groups excluding carboxylic acids is 1. The Kier molecular flexibility index (Phi) is 4.09. The van der Waals surface area contributed by atoms with Gasteiger partial charge < -0.3 is 14.1 Å². The van der Waals surface area contributed by atoms with E-state index >= 15 is 0 Å². The van der Waals surface area contributed by atoms with Crippen LogP contribution in [0.4, 0.5) is 5.69 Å². The van der Waals surface area contributed by atoms with Crippen molar-refractivity contribution in [3.8, 4) is 11.5 Å². The molecule has 0 N–H and O–H groups in total. The van der Waals surface area contributed by atoms with Crippen molar-refractivity contribution in [1.29, 1.82) is 0 Å². The Bertz CT molecular complexity index is 913. The van der Waals surface area contributed by atoms with Gasteiger partial charge in [0.2, 0.25) is 5.89 Å². The summed E-state index contributed by atoms with van der Waals surface area (Å²) in [6.45, 7) is 4.25. The highest BCUT2D eigenvalue weighted by Gasteiger charge is 2.16. The summed E-state index contributed by atoms with van der Waals surface area (Å²) in [5, 5.41) is 0. The Hall–Kier alpha value is -2.89. The third-order valence-electron chi connectivity index (χ3n) is 4.33. The van der Waals surface area contributed by atoms with Gasteiger partial charge in [0.05, 0.1) is 6.61 Å². The van der Waals surface area contributed by atoms with Crippen molar-refractivity contribution < 1.29 is 13.9 Å². The lowest BCUT2D eigenvalue weighted by molar-refractivity contribution is 0.0519. The number of esters is 1. The molecule has 3 heterocycles. The zero-order valence-corrected chi connectivity index (χ0v) is 14.1. The molecular weight excluding hydrogens is 318 g/mol. The zero-order chi connectivity index (χ0) is 17.2. The van der Waals surface area contributed by atoms with Crippen molar-refractivity contribution in [2.24, 2.45) is 0 Å². The van der Waals surface area contributed by atoms with Gasteiger partial charge in [0.15, 0.2) is 5.58 Å². The first-order chi connectivity index (χ1) is 12.2. The van der Waals surface area contributed by atoms with Gasteiger partial charge in [-0.3, -0.25) is 0 Å². The van der Waals surface area contributed by atoms with Gasteiger partial charge in [0.25, 0.3) is 0 Å². The van der Waals surface area contributed by atoms with Gasteiger partial charge in [-0.15, -0.1) is 0 Å². The molecule has 6 nitrogen and oxygen atoms in total. The molecule has 1 fully saturated rings.